The molecule has 1 amide bonds. The summed E-state index contributed by atoms with van der Waals surface area (Å²) < 4.78 is 4.94. The van der Waals surface area contributed by atoms with Crippen LogP contribution in [0.15, 0.2) is 53.1 Å². The second-order valence-corrected chi connectivity index (χ2v) is 3.78. The van der Waals surface area contributed by atoms with Crippen molar-refractivity contribution in [2.45, 2.75) is 0 Å². The van der Waals surface area contributed by atoms with Gasteiger partial charge in [0, 0.05) is 0 Å². The Hall–Kier alpha value is -2.34. The number of thiocarbonyl (C=S) groups is 1. The molecule has 0 saturated carbocycles. The van der Waals surface area contributed by atoms with E-state index in [0.29, 0.717) is 0 Å². The summed E-state index contributed by atoms with van der Waals surface area (Å²) in [5.74, 6) is -0.189. The quantitative estimate of drug-likeness (QED) is 0.582. The summed E-state index contributed by atoms with van der Waals surface area (Å²) in [4.78, 5) is 11.6. The molecule has 2 rings (SSSR count). The van der Waals surface area contributed by atoms with Crippen molar-refractivity contribution in [2.24, 2.45) is 0 Å². The van der Waals surface area contributed by atoms with Gasteiger partial charge in [-0.25, -0.2) is 0 Å². The van der Waals surface area contributed by atoms with Crippen molar-refractivity contribution in [2.75, 3.05) is 5.43 Å². The summed E-state index contributed by atoms with van der Waals surface area (Å²) in [5, 5.41) is 2.64. The van der Waals surface area contributed by atoms with Crippen LogP contribution >= 0.6 is 12.2 Å². The second kappa shape index (κ2) is 5.83. The Labute approximate surface area is 109 Å². The summed E-state index contributed by atoms with van der Waals surface area (Å²) in [5.41, 5.74) is 6.40. The van der Waals surface area contributed by atoms with E-state index in [1.165, 1.54) is 6.26 Å². The van der Waals surface area contributed by atoms with Gasteiger partial charge in [-0.05, 0) is 36.5 Å². The van der Waals surface area contributed by atoms with Crippen LogP contribution in [-0.2, 0) is 0 Å². The molecule has 1 aromatic carbocycles. The van der Waals surface area contributed by atoms with Gasteiger partial charge in [-0.2, -0.15) is 0 Å². The van der Waals surface area contributed by atoms with Crippen molar-refractivity contribution in [3.63, 3.8) is 0 Å². The Kier molecular flexibility index (Phi) is 3.93. The lowest BCUT2D eigenvalue weighted by Gasteiger charge is -2.10. The Morgan fingerprint density at radius 3 is 2.56 bits per heavy atom. The Bertz CT molecular complexity index is 526. The fourth-order valence-corrected chi connectivity index (χ4v) is 1.40. The summed E-state index contributed by atoms with van der Waals surface area (Å²) in [6.45, 7) is 0. The topological polar surface area (TPSA) is 66.3 Å². The van der Waals surface area contributed by atoms with Gasteiger partial charge >= 0.3 is 0 Å². The zero-order valence-corrected chi connectivity index (χ0v) is 10.2. The molecule has 0 saturated heterocycles. The predicted octanol–water partition coefficient (Wildman–Crippen LogP) is 1.91. The minimum Gasteiger partial charge on any atom is -0.459 e. The second-order valence-electron chi connectivity index (χ2n) is 3.38. The van der Waals surface area contributed by atoms with Gasteiger partial charge in [0.05, 0.1) is 12.0 Å². The Morgan fingerprint density at radius 1 is 1.11 bits per heavy atom. The first kappa shape index (κ1) is 12.1. The van der Waals surface area contributed by atoms with Gasteiger partial charge in [0.25, 0.3) is 5.91 Å². The number of carbonyl (C=O) groups is 1. The number of nitrogens with one attached hydrogen (secondary N) is 3. The molecule has 0 radical (unpaired) electrons. The van der Waals surface area contributed by atoms with Gasteiger partial charge in [0.1, 0.15) is 0 Å². The van der Waals surface area contributed by atoms with Crippen LogP contribution in [0.25, 0.3) is 0 Å². The zero-order valence-electron chi connectivity index (χ0n) is 9.34. The number of anilines is 1. The summed E-state index contributed by atoms with van der Waals surface area (Å²) in [6, 6.07) is 12.6. The number of hydrogen-bond donors (Lipinski definition) is 3. The van der Waals surface area contributed by atoms with Crippen LogP contribution in [0.1, 0.15) is 10.6 Å². The van der Waals surface area contributed by atoms with E-state index >= 15 is 0 Å². The molecule has 92 valence electrons. The Balaban J connectivity index is 1.81. The highest BCUT2D eigenvalue weighted by Gasteiger charge is 2.09. The lowest BCUT2D eigenvalue weighted by atomic mass is 10.3. The summed E-state index contributed by atoms with van der Waals surface area (Å²) >= 11 is 4.96. The SMILES string of the molecule is O=C(NC(=S)NNc1ccccc1)c1ccco1. The fraction of sp³-hybridized carbons (Fsp3) is 0. The number of hydrazine groups is 1. The predicted molar refractivity (Wildman–Crippen MR) is 72.0 cm³/mol. The third-order valence-corrected chi connectivity index (χ3v) is 2.27. The van der Waals surface area contributed by atoms with Crippen LogP contribution < -0.4 is 16.2 Å². The van der Waals surface area contributed by atoms with E-state index in [1.807, 2.05) is 30.3 Å². The molecule has 0 aliphatic carbocycles. The van der Waals surface area contributed by atoms with E-state index in [9.17, 15) is 4.79 Å². The number of furan rings is 1. The smallest absolute Gasteiger partial charge is 0.293 e. The molecule has 6 heteroatoms. The van der Waals surface area contributed by atoms with E-state index < -0.39 is 5.91 Å². The summed E-state index contributed by atoms with van der Waals surface area (Å²) in [6.07, 6.45) is 1.42. The van der Waals surface area contributed by atoms with Gasteiger partial charge in [-0.15, -0.1) is 0 Å². The minimum absolute atomic E-state index is 0.167. The lowest BCUT2D eigenvalue weighted by molar-refractivity contribution is 0.0950. The summed E-state index contributed by atoms with van der Waals surface area (Å²) in [7, 11) is 0. The van der Waals surface area contributed by atoms with Gasteiger partial charge in [0.15, 0.2) is 10.9 Å². The first-order valence-corrected chi connectivity index (χ1v) is 5.62. The maximum atomic E-state index is 11.6. The number of rotatable bonds is 3. The lowest BCUT2D eigenvalue weighted by Crippen LogP contribution is -2.41. The van der Waals surface area contributed by atoms with Crippen LogP contribution in [0.5, 0.6) is 0 Å². The van der Waals surface area contributed by atoms with Gasteiger partial charge in [-0.3, -0.25) is 21.0 Å². The maximum absolute atomic E-state index is 11.6. The molecule has 18 heavy (non-hydrogen) atoms. The molecule has 0 unspecified atom stereocenters. The van der Waals surface area contributed by atoms with Crippen molar-refractivity contribution in [3.05, 3.63) is 54.5 Å². The molecule has 2 aromatic rings. The highest BCUT2D eigenvalue weighted by Crippen LogP contribution is 2.02. The molecule has 3 N–H and O–H groups in total. The fourth-order valence-electron chi connectivity index (χ4n) is 1.25. The molecule has 5 nitrogen and oxygen atoms in total. The monoisotopic (exact) mass is 261 g/mol. The highest BCUT2D eigenvalue weighted by molar-refractivity contribution is 7.80. The normalized spacial score (nSPS) is 9.56. The van der Waals surface area contributed by atoms with E-state index in [-0.39, 0.29) is 10.9 Å². The van der Waals surface area contributed by atoms with E-state index in [2.05, 4.69) is 16.2 Å². The third-order valence-electron chi connectivity index (χ3n) is 2.07. The molecule has 1 aromatic heterocycles. The van der Waals surface area contributed by atoms with Gasteiger partial charge in [0.2, 0.25) is 0 Å². The molecular weight excluding hydrogens is 250 g/mol. The van der Waals surface area contributed by atoms with Crippen molar-refractivity contribution in [3.8, 4) is 0 Å². The van der Waals surface area contributed by atoms with Crippen LogP contribution in [0.3, 0.4) is 0 Å². The average molecular weight is 261 g/mol. The van der Waals surface area contributed by atoms with Gasteiger partial charge in [-0.1, -0.05) is 18.2 Å². The standard InChI is InChI=1S/C12H11N3O2S/c16-11(10-7-4-8-17-10)13-12(18)15-14-9-5-2-1-3-6-9/h1-8,14H,(H2,13,15,16,18). The number of amides is 1. The molecule has 0 bridgehead atoms. The van der Waals surface area contributed by atoms with Crippen molar-refractivity contribution in [1.29, 1.82) is 0 Å². The molecule has 0 atom stereocenters. The first-order chi connectivity index (χ1) is 8.75. The van der Waals surface area contributed by atoms with Crippen LogP contribution in [0.2, 0.25) is 0 Å². The Morgan fingerprint density at radius 2 is 1.89 bits per heavy atom. The van der Waals surface area contributed by atoms with Crippen molar-refractivity contribution < 1.29 is 9.21 Å². The molecular formula is C12H11N3O2S. The number of para-hydroxylation sites is 1. The zero-order chi connectivity index (χ0) is 12.8. The average Bonchev–Trinajstić information content (AvgIpc) is 2.91. The number of benzene rings is 1. The van der Waals surface area contributed by atoms with Crippen molar-refractivity contribution >= 4 is 28.9 Å². The molecule has 0 aliphatic heterocycles. The number of carbonyl (C=O) groups excluding carboxylic acids is 1. The first-order valence-electron chi connectivity index (χ1n) is 5.21. The van der Waals surface area contributed by atoms with E-state index in [1.54, 1.807) is 12.1 Å². The van der Waals surface area contributed by atoms with Crippen LogP contribution in [0.4, 0.5) is 5.69 Å². The third kappa shape index (κ3) is 3.33. The van der Waals surface area contributed by atoms with E-state index in [0.717, 1.165) is 5.69 Å². The highest BCUT2D eigenvalue weighted by atomic mass is 32.1. The van der Waals surface area contributed by atoms with Gasteiger partial charge < -0.3 is 4.42 Å². The molecule has 1 heterocycles. The number of hydrogen-bond acceptors (Lipinski definition) is 4. The van der Waals surface area contributed by atoms with Crippen LogP contribution in [0, 0.1) is 0 Å². The largest absolute Gasteiger partial charge is 0.459 e. The maximum Gasteiger partial charge on any atom is 0.293 e. The molecule has 0 aliphatic rings. The van der Waals surface area contributed by atoms with E-state index in [4.69, 9.17) is 16.6 Å². The molecule has 0 spiro atoms. The minimum atomic E-state index is -0.396. The van der Waals surface area contributed by atoms with Crippen LogP contribution in [-0.4, -0.2) is 11.0 Å². The van der Waals surface area contributed by atoms with Crippen molar-refractivity contribution in [1.82, 2.24) is 10.7 Å². The molecule has 0 fully saturated rings.